The fraction of sp³-hybridized carbons (Fsp3) is 1.00. The Morgan fingerprint density at radius 3 is 1.96 bits per heavy atom. The summed E-state index contributed by atoms with van der Waals surface area (Å²) in [6.45, 7) is 6.94. The number of aliphatic hydroxyl groups excluding tert-OH is 2. The molecule has 1 saturated heterocycles. The van der Waals surface area contributed by atoms with Crippen molar-refractivity contribution in [1.82, 2.24) is 9.80 Å². The average Bonchev–Trinajstić information content (AvgIpc) is 2.60. The lowest BCUT2D eigenvalue weighted by atomic mass is 9.49. The average molecular weight is 439 g/mol. The van der Waals surface area contributed by atoms with Crippen molar-refractivity contribution in [3.63, 3.8) is 0 Å². The van der Waals surface area contributed by atoms with Gasteiger partial charge < -0.3 is 14.9 Å². The summed E-state index contributed by atoms with van der Waals surface area (Å²) in [5, 5.41) is 19.3. The Morgan fingerprint density at radius 1 is 0.893 bits per heavy atom. The lowest BCUT2D eigenvalue weighted by molar-refractivity contribution is -0.0744. The molecule has 0 aromatic carbocycles. The molecule has 0 spiro atoms. The molecule has 1 heterocycles. The lowest BCUT2D eigenvalue weighted by Crippen LogP contribution is -2.49. The maximum Gasteiger partial charge on any atom is 0.0900 e. The van der Waals surface area contributed by atoms with Crippen molar-refractivity contribution in [1.29, 1.82) is 0 Å². The van der Waals surface area contributed by atoms with E-state index in [1.54, 1.807) is 0 Å². The molecule has 1 aliphatic heterocycles. The van der Waals surface area contributed by atoms with Gasteiger partial charge >= 0.3 is 0 Å². The minimum absolute atomic E-state index is 0. The molecule has 0 amide bonds. The summed E-state index contributed by atoms with van der Waals surface area (Å²) in [7, 11) is 0. The van der Waals surface area contributed by atoms with Crippen LogP contribution in [0.3, 0.4) is 0 Å². The monoisotopic (exact) mass is 438 g/mol. The van der Waals surface area contributed by atoms with Gasteiger partial charge in [-0.05, 0) is 68.1 Å². The number of halogens is 2. The van der Waals surface area contributed by atoms with Crippen LogP contribution in [0.25, 0.3) is 0 Å². The van der Waals surface area contributed by atoms with Gasteiger partial charge in [0.05, 0.1) is 19.3 Å². The zero-order valence-electron chi connectivity index (χ0n) is 17.1. The van der Waals surface area contributed by atoms with Crippen molar-refractivity contribution in [3.05, 3.63) is 0 Å². The topological polar surface area (TPSA) is 56.2 Å². The molecule has 1 atom stereocenters. The summed E-state index contributed by atoms with van der Waals surface area (Å²) in [5.74, 6) is 3.03. The second kappa shape index (κ2) is 11.1. The summed E-state index contributed by atoms with van der Waals surface area (Å²) < 4.78 is 5.92. The van der Waals surface area contributed by atoms with Crippen LogP contribution in [0.5, 0.6) is 0 Å². The number of nitrogens with zero attached hydrogens (tertiary/aromatic N) is 2. The quantitative estimate of drug-likeness (QED) is 0.541. The minimum Gasteiger partial charge on any atom is -0.395 e. The third-order valence-corrected chi connectivity index (χ3v) is 7.60. The predicted molar refractivity (Wildman–Crippen MR) is 117 cm³/mol. The van der Waals surface area contributed by atoms with Gasteiger partial charge in [-0.25, -0.2) is 0 Å². The second-order valence-corrected chi connectivity index (χ2v) is 9.76. The zero-order chi connectivity index (χ0) is 18.0. The molecule has 7 heteroatoms. The first-order valence-corrected chi connectivity index (χ1v) is 11.0. The van der Waals surface area contributed by atoms with E-state index in [1.807, 2.05) is 0 Å². The molecule has 166 valence electrons. The number of hydrogen-bond acceptors (Lipinski definition) is 5. The van der Waals surface area contributed by atoms with Gasteiger partial charge in [-0.1, -0.05) is 0 Å². The number of piperazine rings is 1. The summed E-state index contributed by atoms with van der Waals surface area (Å²) in [5.41, 5.74) is 0.586. The van der Waals surface area contributed by atoms with E-state index >= 15 is 0 Å². The minimum atomic E-state index is -0.379. The highest BCUT2D eigenvalue weighted by Gasteiger charge is 2.50. The van der Waals surface area contributed by atoms with E-state index < -0.39 is 0 Å². The Hall–Kier alpha value is 0.380. The van der Waals surface area contributed by atoms with Crippen LogP contribution in [0, 0.1) is 23.2 Å². The normalized spacial score (nSPS) is 36.0. The molecule has 0 aromatic heterocycles. The molecule has 4 aliphatic carbocycles. The Morgan fingerprint density at radius 2 is 1.43 bits per heavy atom. The smallest absolute Gasteiger partial charge is 0.0900 e. The highest BCUT2D eigenvalue weighted by atomic mass is 35.5. The second-order valence-electron chi connectivity index (χ2n) is 9.76. The molecule has 1 unspecified atom stereocenters. The molecule has 5 rings (SSSR count). The van der Waals surface area contributed by atoms with E-state index in [4.69, 9.17) is 9.84 Å². The first-order chi connectivity index (χ1) is 12.6. The Balaban J connectivity index is 0.00000140. The van der Waals surface area contributed by atoms with Crippen molar-refractivity contribution in [2.75, 3.05) is 59.1 Å². The molecule has 4 saturated carbocycles. The molecular weight excluding hydrogens is 399 g/mol. The maximum absolute atomic E-state index is 10.3. The third kappa shape index (κ3) is 6.19. The summed E-state index contributed by atoms with van der Waals surface area (Å²) in [6.07, 6.45) is 9.69. The number of hydrogen-bond donors (Lipinski definition) is 2. The molecule has 5 nitrogen and oxygen atoms in total. The SMILES string of the molecule is Cl.Cl.OCCN1CCN(CC(O)COCCC23CC4CC(CC(C4)C2)C3)CC1. The van der Waals surface area contributed by atoms with Crippen LogP contribution >= 0.6 is 24.8 Å². The van der Waals surface area contributed by atoms with Crippen molar-refractivity contribution in [3.8, 4) is 0 Å². The Kier molecular flexibility index (Phi) is 9.80. The Labute approximate surface area is 183 Å². The van der Waals surface area contributed by atoms with Crippen LogP contribution in [0.1, 0.15) is 44.9 Å². The molecule has 0 radical (unpaired) electrons. The first-order valence-electron chi connectivity index (χ1n) is 11.0. The van der Waals surface area contributed by atoms with Crippen LogP contribution in [0.15, 0.2) is 0 Å². The zero-order valence-corrected chi connectivity index (χ0v) is 18.8. The van der Waals surface area contributed by atoms with Gasteiger partial charge in [0.15, 0.2) is 0 Å². The van der Waals surface area contributed by atoms with Crippen LogP contribution < -0.4 is 0 Å². The van der Waals surface area contributed by atoms with Gasteiger partial charge in [-0.2, -0.15) is 0 Å². The highest BCUT2D eigenvalue weighted by molar-refractivity contribution is 5.85. The van der Waals surface area contributed by atoms with Crippen LogP contribution in [0.2, 0.25) is 0 Å². The van der Waals surface area contributed by atoms with E-state index in [0.29, 0.717) is 18.6 Å². The van der Waals surface area contributed by atoms with E-state index in [0.717, 1.165) is 57.1 Å². The van der Waals surface area contributed by atoms with Crippen LogP contribution in [0.4, 0.5) is 0 Å². The molecule has 28 heavy (non-hydrogen) atoms. The van der Waals surface area contributed by atoms with Gasteiger partial charge in [0.1, 0.15) is 0 Å². The number of β-amino-alcohol motifs (C(OH)–C–C–N with tert-alkyl or cyclic N) is 2. The molecule has 0 aromatic rings. The molecule has 4 bridgehead atoms. The molecule has 5 fully saturated rings. The van der Waals surface area contributed by atoms with Crippen molar-refractivity contribution in [2.45, 2.75) is 51.0 Å². The van der Waals surface area contributed by atoms with E-state index in [2.05, 4.69) is 9.80 Å². The fourth-order valence-electron chi connectivity index (χ4n) is 6.79. The van der Waals surface area contributed by atoms with Gasteiger partial charge in [0.2, 0.25) is 0 Å². The molecule has 2 N–H and O–H groups in total. The largest absolute Gasteiger partial charge is 0.395 e. The summed E-state index contributed by atoms with van der Waals surface area (Å²) >= 11 is 0. The van der Waals surface area contributed by atoms with Crippen LogP contribution in [-0.2, 0) is 4.74 Å². The van der Waals surface area contributed by atoms with Crippen LogP contribution in [-0.4, -0.2) is 85.2 Å². The van der Waals surface area contributed by atoms with Crippen molar-refractivity contribution < 1.29 is 14.9 Å². The van der Waals surface area contributed by atoms with Gasteiger partial charge in [-0.15, -0.1) is 24.8 Å². The standard InChI is InChI=1S/C21H38N2O3.2ClH/c24-7-6-22-2-4-23(5-3-22)15-20(25)16-26-8-1-21-12-17-9-18(13-21)11-19(10-17)14-21;;/h17-20,24-25H,1-16H2;2*1H. The maximum atomic E-state index is 10.3. The number of rotatable bonds is 9. The van der Waals surface area contributed by atoms with Gasteiger partial charge in [-0.3, -0.25) is 9.80 Å². The number of aliphatic hydroxyl groups is 2. The molecular formula is C21H40Cl2N2O3. The molecule has 5 aliphatic rings. The Bertz CT molecular complexity index is 426. The third-order valence-electron chi connectivity index (χ3n) is 7.60. The highest BCUT2D eigenvalue weighted by Crippen LogP contribution is 2.61. The summed E-state index contributed by atoms with van der Waals surface area (Å²) in [6, 6.07) is 0. The lowest BCUT2D eigenvalue weighted by Gasteiger charge is -2.57. The van der Waals surface area contributed by atoms with E-state index in [-0.39, 0.29) is 37.5 Å². The predicted octanol–water partition coefficient (Wildman–Crippen LogP) is 2.42. The fourth-order valence-corrected chi connectivity index (χ4v) is 6.79. The van der Waals surface area contributed by atoms with Gasteiger partial charge in [0.25, 0.3) is 0 Å². The van der Waals surface area contributed by atoms with E-state index in [1.165, 1.54) is 44.9 Å². The van der Waals surface area contributed by atoms with Crippen molar-refractivity contribution >= 4 is 24.8 Å². The van der Waals surface area contributed by atoms with Gasteiger partial charge in [0, 0.05) is 45.9 Å². The number of ether oxygens (including phenoxy) is 1. The van der Waals surface area contributed by atoms with Crippen molar-refractivity contribution in [2.24, 2.45) is 23.2 Å². The first kappa shape index (κ1) is 24.6. The summed E-state index contributed by atoms with van der Waals surface area (Å²) in [4.78, 5) is 4.60. The van der Waals surface area contributed by atoms with E-state index in [9.17, 15) is 5.11 Å².